The Bertz CT molecular complexity index is 3400. The number of anilines is 7. The molecule has 23 heteroatoms. The largest absolute Gasteiger partial charge is 0.494 e. The van der Waals surface area contributed by atoms with Crippen molar-refractivity contribution in [2.45, 2.75) is 76.0 Å². The topological polar surface area (TPSA) is 228 Å². The zero-order valence-corrected chi connectivity index (χ0v) is 45.7. The smallest absolute Gasteiger partial charge is 0.255 e. The van der Waals surface area contributed by atoms with Crippen molar-refractivity contribution in [3.63, 3.8) is 0 Å². The van der Waals surface area contributed by atoms with Crippen molar-refractivity contribution in [3.05, 3.63) is 89.0 Å². The minimum absolute atomic E-state index is 0.128. The average Bonchev–Trinajstić information content (AvgIpc) is 4.08. The molecule has 9 heterocycles. The second-order valence-electron chi connectivity index (χ2n) is 21.5. The number of amides is 3. The normalized spacial score (nSPS) is 20.6. The van der Waals surface area contributed by atoms with E-state index in [1.54, 1.807) is 41.2 Å². The monoisotopic (exact) mass is 1130 g/mol. The molecule has 77 heavy (non-hydrogen) atoms. The Balaban J connectivity index is 0.654. The van der Waals surface area contributed by atoms with Crippen molar-refractivity contribution >= 4 is 94.9 Å². The van der Waals surface area contributed by atoms with E-state index in [1.807, 2.05) is 25.5 Å². The second kappa shape index (κ2) is 20.4. The fourth-order valence-corrected chi connectivity index (χ4v) is 13.4. The highest BCUT2D eigenvalue weighted by Gasteiger charge is 2.48. The number of sulfonamides is 1. The Labute approximate surface area is 455 Å². The SMILES string of the molecule is COc1cc(N2CCC(N3CCC(N4CC5(CCN(c6ccc7c(c6)CN(C6CCC(=O)NC6=O)C7=O)CC5)C4)CC3)CC2)c(-c2cnn(C)c2)cc1Nc1ncc(Br)c(Nc2ccc3nccnc3c2NS(C)(=O)=O)n1. The summed E-state index contributed by atoms with van der Waals surface area (Å²) >= 11 is 3.57. The van der Waals surface area contributed by atoms with Gasteiger partial charge in [0.05, 0.1) is 46.6 Å². The molecule has 5 saturated heterocycles. The lowest BCUT2D eigenvalue weighted by Crippen LogP contribution is -2.64. The van der Waals surface area contributed by atoms with Crippen molar-refractivity contribution < 1.29 is 27.5 Å². The number of nitrogens with zero attached hydrogens (tertiary/aromatic N) is 11. The Morgan fingerprint density at radius 1 is 0.805 bits per heavy atom. The molecule has 6 aliphatic heterocycles. The number of nitrogens with one attached hydrogen (secondary N) is 4. The van der Waals surface area contributed by atoms with Gasteiger partial charge in [0.1, 0.15) is 23.1 Å². The molecule has 4 N–H and O–H groups in total. The number of hydrogen-bond acceptors (Lipinski definition) is 17. The highest BCUT2D eigenvalue weighted by Crippen LogP contribution is 2.46. The molecule has 3 amide bonds. The predicted octanol–water partition coefficient (Wildman–Crippen LogP) is 6.25. The Hall–Kier alpha value is -6.95. The van der Waals surface area contributed by atoms with Gasteiger partial charge in [-0.2, -0.15) is 10.1 Å². The summed E-state index contributed by atoms with van der Waals surface area (Å²) in [6.45, 7) is 8.79. The molecule has 3 aromatic heterocycles. The van der Waals surface area contributed by atoms with Crippen molar-refractivity contribution in [1.29, 1.82) is 0 Å². The van der Waals surface area contributed by atoms with Gasteiger partial charge in [0.25, 0.3) is 5.91 Å². The molecular formula is C54H62BrN15O6S. The van der Waals surface area contributed by atoms with E-state index in [-0.39, 0.29) is 35.8 Å². The van der Waals surface area contributed by atoms with Crippen molar-refractivity contribution in [2.24, 2.45) is 12.5 Å². The number of fused-ring (bicyclic) bond motifs is 2. The molecule has 0 bridgehead atoms. The predicted molar refractivity (Wildman–Crippen MR) is 297 cm³/mol. The lowest BCUT2D eigenvalue weighted by Gasteiger charge is -2.58. The third-order valence-electron chi connectivity index (χ3n) is 16.6. The van der Waals surface area contributed by atoms with Gasteiger partial charge in [0, 0.05) is 130 Å². The van der Waals surface area contributed by atoms with Gasteiger partial charge in [0.2, 0.25) is 27.8 Å². The van der Waals surface area contributed by atoms with Crippen LogP contribution in [0, 0.1) is 5.41 Å². The molecule has 1 spiro atoms. The first-order valence-electron chi connectivity index (χ1n) is 26.4. The first-order chi connectivity index (χ1) is 37.2. The zero-order chi connectivity index (χ0) is 53.2. The van der Waals surface area contributed by atoms with E-state index in [4.69, 9.17) is 9.72 Å². The number of halogens is 1. The number of aryl methyl sites for hydroxylation is 1. The van der Waals surface area contributed by atoms with Crippen molar-refractivity contribution in [1.82, 2.24) is 49.7 Å². The Morgan fingerprint density at radius 2 is 1.56 bits per heavy atom. The van der Waals surface area contributed by atoms with E-state index in [9.17, 15) is 22.8 Å². The van der Waals surface area contributed by atoms with E-state index < -0.39 is 16.1 Å². The third kappa shape index (κ3) is 10.2. The van der Waals surface area contributed by atoms with E-state index in [1.165, 1.54) is 32.1 Å². The van der Waals surface area contributed by atoms with E-state index >= 15 is 0 Å². The number of hydrogen-bond donors (Lipinski definition) is 4. The maximum atomic E-state index is 13.3. The number of aromatic nitrogens is 6. The van der Waals surface area contributed by atoms with Crippen LogP contribution in [0.3, 0.4) is 0 Å². The maximum absolute atomic E-state index is 13.3. The molecule has 0 saturated carbocycles. The third-order valence-corrected chi connectivity index (χ3v) is 17.8. The van der Waals surface area contributed by atoms with Crippen LogP contribution in [-0.2, 0) is 33.2 Å². The summed E-state index contributed by atoms with van der Waals surface area (Å²) in [7, 11) is -0.0992. The van der Waals surface area contributed by atoms with Crippen LogP contribution in [0.15, 0.2) is 77.9 Å². The van der Waals surface area contributed by atoms with Gasteiger partial charge < -0.3 is 35.0 Å². The van der Waals surface area contributed by atoms with Gasteiger partial charge in [-0.15, -0.1) is 0 Å². The lowest BCUT2D eigenvalue weighted by atomic mass is 9.70. The average molecular weight is 1130 g/mol. The number of imide groups is 1. The number of ether oxygens (including phenoxy) is 1. The van der Waals surface area contributed by atoms with Gasteiger partial charge >= 0.3 is 0 Å². The number of benzene rings is 3. The highest BCUT2D eigenvalue weighted by atomic mass is 79.9. The number of methoxy groups -OCH3 is 1. The van der Waals surface area contributed by atoms with E-state index in [0.717, 1.165) is 99.3 Å². The summed E-state index contributed by atoms with van der Waals surface area (Å²) in [6.07, 6.45) is 17.1. The maximum Gasteiger partial charge on any atom is 0.255 e. The van der Waals surface area contributed by atoms with Crippen LogP contribution in [0.4, 0.5) is 40.2 Å². The Morgan fingerprint density at radius 3 is 2.29 bits per heavy atom. The quantitative estimate of drug-likeness (QED) is 0.0938. The molecule has 0 radical (unpaired) electrons. The summed E-state index contributed by atoms with van der Waals surface area (Å²) in [4.78, 5) is 67.8. The van der Waals surface area contributed by atoms with Crippen LogP contribution in [0.5, 0.6) is 5.75 Å². The minimum atomic E-state index is -3.67. The molecule has 0 aliphatic carbocycles. The van der Waals surface area contributed by atoms with Crippen LogP contribution in [0.1, 0.15) is 67.3 Å². The van der Waals surface area contributed by atoms with Crippen molar-refractivity contribution in [2.75, 3.05) is 90.9 Å². The molecule has 3 aromatic carbocycles. The molecule has 5 fully saturated rings. The van der Waals surface area contributed by atoms with E-state index in [2.05, 4.69) is 101 Å². The molecule has 12 rings (SSSR count). The molecule has 402 valence electrons. The molecular weight excluding hydrogens is 1070 g/mol. The molecule has 1 atom stereocenters. The number of likely N-dealkylation sites (tertiary alicyclic amines) is 2. The zero-order valence-electron chi connectivity index (χ0n) is 43.3. The number of piperidine rings is 4. The molecule has 21 nitrogen and oxygen atoms in total. The standard InChI is InChI=1S/C54H62BrN15O6S/c1-65-29-34(27-59-65)39-25-43(61-53-58-28-40(55)50(63-53)60-42-7-6-41-48(57-17-16-56-41)49(42)64-77(3,74)75)46(76-2)26-45(39)68-20-12-35(13-21-68)66-18-10-36(11-19-66)69-31-54(32-69)14-22-67(23-15-54)37-4-5-38-33(24-37)30-70(52(38)73)44-8-9-47(71)62-51(44)72/h4-7,16-17,24-29,35-36,44,64H,8-15,18-23,30-32H2,1-3H3,(H,62,71,72)(H2,58,60,61,63). The van der Waals surface area contributed by atoms with Gasteiger partial charge in [-0.3, -0.25) is 44.0 Å². The van der Waals surface area contributed by atoms with Crippen LogP contribution in [-0.4, -0.2) is 154 Å². The van der Waals surface area contributed by atoms with Gasteiger partial charge in [0.15, 0.2) is 0 Å². The number of carbonyl (C=O) groups is 3. The summed E-state index contributed by atoms with van der Waals surface area (Å²) < 4.78 is 35.9. The fourth-order valence-electron chi connectivity index (χ4n) is 12.6. The van der Waals surface area contributed by atoms with Crippen LogP contribution >= 0.6 is 15.9 Å². The molecule has 1 unspecified atom stereocenters. The highest BCUT2D eigenvalue weighted by molar-refractivity contribution is 9.10. The summed E-state index contributed by atoms with van der Waals surface area (Å²) in [5, 5.41) is 13.6. The minimum Gasteiger partial charge on any atom is -0.494 e. The number of carbonyl (C=O) groups excluding carboxylic acids is 3. The first kappa shape index (κ1) is 50.8. The second-order valence-corrected chi connectivity index (χ2v) is 24.1. The first-order valence-corrected chi connectivity index (χ1v) is 29.1. The van der Waals surface area contributed by atoms with Gasteiger partial charge in [-0.1, -0.05) is 0 Å². The van der Waals surface area contributed by atoms with Crippen LogP contribution < -0.4 is 35.2 Å². The Kier molecular flexibility index (Phi) is 13.5. The summed E-state index contributed by atoms with van der Waals surface area (Å²) in [6, 6.07) is 14.3. The van der Waals surface area contributed by atoms with Gasteiger partial charge in [-0.05, 0) is 121 Å². The van der Waals surface area contributed by atoms with E-state index in [0.29, 0.717) is 74.5 Å². The number of rotatable bonds is 13. The molecule has 6 aliphatic rings. The van der Waals surface area contributed by atoms with Crippen LogP contribution in [0.2, 0.25) is 0 Å². The van der Waals surface area contributed by atoms with Crippen molar-refractivity contribution in [3.8, 4) is 16.9 Å². The fraction of sp³-hybridized carbons (Fsp3) is 0.444. The summed E-state index contributed by atoms with van der Waals surface area (Å²) in [5.41, 5.74) is 8.43. The summed E-state index contributed by atoms with van der Waals surface area (Å²) in [5.74, 6) is 0.518. The van der Waals surface area contributed by atoms with Gasteiger partial charge in [-0.25, -0.2) is 13.4 Å². The lowest BCUT2D eigenvalue weighted by molar-refractivity contribution is -0.136. The van der Waals surface area contributed by atoms with Crippen LogP contribution in [0.25, 0.3) is 22.2 Å². The molecule has 6 aromatic rings.